The summed E-state index contributed by atoms with van der Waals surface area (Å²) in [6, 6.07) is 1.84. The minimum Gasteiger partial charge on any atom is -0.370 e. The fourth-order valence-electron chi connectivity index (χ4n) is 1.84. The van der Waals surface area contributed by atoms with Crippen LogP contribution in [0.2, 0.25) is 0 Å². The molecule has 0 fully saturated rings. The Labute approximate surface area is 122 Å². The van der Waals surface area contributed by atoms with Crippen LogP contribution in [-0.2, 0) is 5.41 Å². The highest BCUT2D eigenvalue weighted by Crippen LogP contribution is 2.22. The minimum absolute atomic E-state index is 0.0963. The van der Waals surface area contributed by atoms with Gasteiger partial charge in [-0.25, -0.2) is 15.8 Å². The summed E-state index contributed by atoms with van der Waals surface area (Å²) in [7, 11) is 0. The number of anilines is 2. The highest BCUT2D eigenvalue weighted by atomic mass is 15.3. The Morgan fingerprint density at radius 3 is 2.35 bits per heavy atom. The largest absolute Gasteiger partial charge is 0.370 e. The van der Waals surface area contributed by atoms with E-state index in [4.69, 9.17) is 5.84 Å². The van der Waals surface area contributed by atoms with Crippen LogP contribution in [-0.4, -0.2) is 16.5 Å². The summed E-state index contributed by atoms with van der Waals surface area (Å²) in [5.41, 5.74) is 2.51. The summed E-state index contributed by atoms with van der Waals surface area (Å²) in [6.45, 7) is 11.7. The normalized spacial score (nSPS) is 11.8. The summed E-state index contributed by atoms with van der Waals surface area (Å²) in [5, 5.41) is 3.36. The Morgan fingerprint density at radius 2 is 1.80 bits per heavy atom. The van der Waals surface area contributed by atoms with E-state index in [1.807, 2.05) is 6.07 Å². The van der Waals surface area contributed by atoms with E-state index in [1.165, 1.54) is 12.8 Å². The number of nitrogens with two attached hydrogens (primary N) is 1. The molecule has 4 N–H and O–H groups in total. The van der Waals surface area contributed by atoms with Crippen molar-refractivity contribution in [2.75, 3.05) is 17.3 Å². The van der Waals surface area contributed by atoms with Gasteiger partial charge in [0.25, 0.3) is 0 Å². The molecule has 0 bridgehead atoms. The number of nitrogens with zero attached hydrogens (tertiary/aromatic N) is 2. The van der Waals surface area contributed by atoms with Crippen molar-refractivity contribution in [3.63, 3.8) is 0 Å². The Kier molecular flexibility index (Phi) is 6.20. The van der Waals surface area contributed by atoms with Gasteiger partial charge >= 0.3 is 0 Å². The van der Waals surface area contributed by atoms with E-state index in [0.29, 0.717) is 5.82 Å². The Bertz CT molecular complexity index is 409. The summed E-state index contributed by atoms with van der Waals surface area (Å²) in [6.07, 6.45) is 3.66. The molecule has 20 heavy (non-hydrogen) atoms. The predicted octanol–water partition coefficient (Wildman–Crippen LogP) is 3.30. The number of rotatable bonds is 7. The van der Waals surface area contributed by atoms with Crippen LogP contribution in [0.4, 0.5) is 11.6 Å². The molecule has 0 radical (unpaired) electrons. The quantitative estimate of drug-likeness (QED) is 0.405. The summed E-state index contributed by atoms with van der Waals surface area (Å²) < 4.78 is 0. The molecule has 1 aromatic rings. The van der Waals surface area contributed by atoms with Crippen molar-refractivity contribution in [1.82, 2.24) is 9.97 Å². The number of aromatic nitrogens is 2. The highest BCUT2D eigenvalue weighted by Gasteiger charge is 2.18. The third-order valence-corrected chi connectivity index (χ3v) is 3.06. The molecule has 0 aliphatic heterocycles. The van der Waals surface area contributed by atoms with Crippen LogP contribution in [0, 0.1) is 5.92 Å². The van der Waals surface area contributed by atoms with Crippen LogP contribution in [0.1, 0.15) is 59.7 Å². The number of hydrogen-bond acceptors (Lipinski definition) is 5. The lowest BCUT2D eigenvalue weighted by Crippen LogP contribution is -2.20. The van der Waals surface area contributed by atoms with Gasteiger partial charge in [-0.2, -0.15) is 0 Å². The molecule has 0 saturated carbocycles. The molecule has 1 rings (SSSR count). The molecule has 0 aliphatic carbocycles. The van der Waals surface area contributed by atoms with Crippen LogP contribution in [0.3, 0.4) is 0 Å². The molecule has 0 unspecified atom stereocenters. The van der Waals surface area contributed by atoms with Crippen molar-refractivity contribution in [2.45, 2.75) is 59.3 Å². The van der Waals surface area contributed by atoms with Crippen LogP contribution in [0.25, 0.3) is 0 Å². The van der Waals surface area contributed by atoms with Crippen molar-refractivity contribution in [1.29, 1.82) is 0 Å². The van der Waals surface area contributed by atoms with E-state index >= 15 is 0 Å². The molecular formula is C15H29N5. The fraction of sp³-hybridized carbons (Fsp3) is 0.733. The zero-order valence-corrected chi connectivity index (χ0v) is 13.5. The summed E-state index contributed by atoms with van der Waals surface area (Å²) in [4.78, 5) is 8.97. The molecule has 0 atom stereocenters. The number of nitrogens with one attached hydrogen (secondary N) is 2. The van der Waals surface area contributed by atoms with Gasteiger partial charge in [-0.05, 0) is 12.3 Å². The van der Waals surface area contributed by atoms with Gasteiger partial charge in [0.1, 0.15) is 17.5 Å². The molecule has 0 amide bonds. The molecule has 1 aromatic heterocycles. The smallest absolute Gasteiger partial charge is 0.145 e. The maximum Gasteiger partial charge on any atom is 0.145 e. The number of nitrogen functional groups attached to an aromatic ring is 1. The lowest BCUT2D eigenvalue weighted by molar-refractivity contribution is 0.541. The summed E-state index contributed by atoms with van der Waals surface area (Å²) in [5.74, 6) is 8.52. The Hall–Kier alpha value is -1.36. The maximum atomic E-state index is 5.47. The molecule has 0 spiro atoms. The molecule has 1 heterocycles. The van der Waals surface area contributed by atoms with Crippen molar-refractivity contribution in [3.8, 4) is 0 Å². The van der Waals surface area contributed by atoms with Crippen LogP contribution >= 0.6 is 0 Å². The van der Waals surface area contributed by atoms with Gasteiger partial charge in [-0.3, -0.25) is 0 Å². The van der Waals surface area contributed by atoms with Gasteiger partial charge in [0.2, 0.25) is 0 Å². The van der Waals surface area contributed by atoms with Gasteiger partial charge in [0.15, 0.2) is 0 Å². The lowest BCUT2D eigenvalue weighted by Gasteiger charge is -2.18. The van der Waals surface area contributed by atoms with E-state index in [1.54, 1.807) is 0 Å². The van der Waals surface area contributed by atoms with E-state index in [9.17, 15) is 0 Å². The van der Waals surface area contributed by atoms with E-state index in [-0.39, 0.29) is 5.41 Å². The molecule has 5 nitrogen and oxygen atoms in total. The second kappa shape index (κ2) is 7.43. The third-order valence-electron chi connectivity index (χ3n) is 3.06. The van der Waals surface area contributed by atoms with Crippen molar-refractivity contribution in [3.05, 3.63) is 11.9 Å². The molecule has 0 saturated heterocycles. The first-order chi connectivity index (χ1) is 9.32. The second-order valence-corrected chi connectivity index (χ2v) is 6.67. The first kappa shape index (κ1) is 16.7. The Balaban J connectivity index is 2.61. The maximum absolute atomic E-state index is 5.47. The van der Waals surface area contributed by atoms with Gasteiger partial charge in [-0.15, -0.1) is 0 Å². The highest BCUT2D eigenvalue weighted by molar-refractivity contribution is 5.47. The zero-order valence-electron chi connectivity index (χ0n) is 13.5. The van der Waals surface area contributed by atoms with Gasteiger partial charge in [0.05, 0.1) is 0 Å². The topological polar surface area (TPSA) is 75.9 Å². The van der Waals surface area contributed by atoms with Crippen LogP contribution in [0.5, 0.6) is 0 Å². The van der Waals surface area contributed by atoms with Gasteiger partial charge < -0.3 is 10.7 Å². The van der Waals surface area contributed by atoms with E-state index in [0.717, 1.165) is 30.5 Å². The van der Waals surface area contributed by atoms with Crippen LogP contribution in [0.15, 0.2) is 6.07 Å². The zero-order chi connectivity index (χ0) is 15.2. The molecule has 114 valence electrons. The fourth-order valence-corrected chi connectivity index (χ4v) is 1.84. The average molecular weight is 279 g/mol. The van der Waals surface area contributed by atoms with E-state index in [2.05, 4.69) is 55.3 Å². The number of hydrogen-bond donors (Lipinski definition) is 3. The standard InChI is InChI=1S/C15H29N5/c1-11(2)8-6-7-9-17-12-10-13(20-16)19-14(18-12)15(3,4)5/h10-11H,6-9,16H2,1-5H3,(H2,17,18,19,20). The SMILES string of the molecule is CC(C)CCCCNc1cc(NN)nc(C(C)(C)C)n1. The molecule has 0 aliphatic rings. The molecule has 5 heteroatoms. The first-order valence-electron chi connectivity index (χ1n) is 7.43. The third kappa shape index (κ3) is 5.74. The molecular weight excluding hydrogens is 250 g/mol. The monoisotopic (exact) mass is 279 g/mol. The minimum atomic E-state index is -0.0963. The first-order valence-corrected chi connectivity index (χ1v) is 7.43. The number of unbranched alkanes of at least 4 members (excludes halogenated alkanes) is 1. The second-order valence-electron chi connectivity index (χ2n) is 6.67. The van der Waals surface area contributed by atoms with Crippen LogP contribution < -0.4 is 16.6 Å². The van der Waals surface area contributed by atoms with E-state index < -0.39 is 0 Å². The van der Waals surface area contributed by atoms with Crippen molar-refractivity contribution in [2.24, 2.45) is 11.8 Å². The lowest BCUT2D eigenvalue weighted by atomic mass is 9.96. The van der Waals surface area contributed by atoms with Crippen molar-refractivity contribution >= 4 is 11.6 Å². The average Bonchev–Trinajstić information content (AvgIpc) is 2.36. The van der Waals surface area contributed by atoms with Crippen molar-refractivity contribution < 1.29 is 0 Å². The Morgan fingerprint density at radius 1 is 1.15 bits per heavy atom. The number of hydrazine groups is 1. The van der Waals surface area contributed by atoms with Gasteiger partial charge in [0, 0.05) is 18.0 Å². The summed E-state index contributed by atoms with van der Waals surface area (Å²) >= 11 is 0. The predicted molar refractivity (Wildman–Crippen MR) is 85.7 cm³/mol. The van der Waals surface area contributed by atoms with Gasteiger partial charge in [-0.1, -0.05) is 47.5 Å². The molecule has 0 aromatic carbocycles.